The van der Waals surface area contributed by atoms with Crippen molar-refractivity contribution >= 4 is 17.5 Å². The molecule has 25 heavy (non-hydrogen) atoms. The summed E-state index contributed by atoms with van der Waals surface area (Å²) in [6.07, 6.45) is -3.67. The van der Waals surface area contributed by atoms with E-state index in [1.165, 1.54) is 18.2 Å². The van der Waals surface area contributed by atoms with Gasteiger partial charge in [0.1, 0.15) is 0 Å². The van der Waals surface area contributed by atoms with Crippen molar-refractivity contribution in [1.29, 1.82) is 0 Å². The van der Waals surface area contributed by atoms with Crippen LogP contribution in [0.1, 0.15) is 16.8 Å². The van der Waals surface area contributed by atoms with Crippen LogP contribution in [0.25, 0.3) is 0 Å². The smallest absolute Gasteiger partial charge is 0.395 e. The van der Waals surface area contributed by atoms with Crippen LogP contribution in [0.2, 0.25) is 0 Å². The summed E-state index contributed by atoms with van der Waals surface area (Å²) < 4.78 is 34.5. The molecular weight excluding hydrogens is 334 g/mol. The molecule has 2 amide bonds. The summed E-state index contributed by atoms with van der Waals surface area (Å²) in [5, 5.41) is 5.17. The summed E-state index contributed by atoms with van der Waals surface area (Å²) >= 11 is 0. The number of rotatable bonds is 5. The molecular formula is C17H14F2N2O4. The predicted molar refractivity (Wildman–Crippen MR) is 84.7 cm³/mol. The molecule has 6 nitrogen and oxygen atoms in total. The maximum absolute atomic E-state index is 12.9. The molecule has 1 aliphatic heterocycles. The van der Waals surface area contributed by atoms with Gasteiger partial charge in [0.2, 0.25) is 5.91 Å². The van der Waals surface area contributed by atoms with Gasteiger partial charge in [0, 0.05) is 30.3 Å². The van der Waals surface area contributed by atoms with Gasteiger partial charge in [-0.05, 0) is 24.3 Å². The molecule has 0 bridgehead atoms. The Labute approximate surface area is 141 Å². The van der Waals surface area contributed by atoms with E-state index >= 15 is 0 Å². The van der Waals surface area contributed by atoms with Crippen molar-refractivity contribution in [1.82, 2.24) is 5.32 Å². The Bertz CT molecular complexity index is 796. The minimum absolute atomic E-state index is 0.0309. The zero-order valence-corrected chi connectivity index (χ0v) is 12.9. The first kappa shape index (κ1) is 16.7. The lowest BCUT2D eigenvalue weighted by molar-refractivity contribution is -0.286. The van der Waals surface area contributed by atoms with Crippen LogP contribution in [0.5, 0.6) is 11.5 Å². The fraction of sp³-hybridized carbons (Fsp3) is 0.176. The molecule has 3 rings (SSSR count). The highest BCUT2D eigenvalue weighted by Gasteiger charge is 2.43. The van der Waals surface area contributed by atoms with Gasteiger partial charge in [0.05, 0.1) is 0 Å². The average molecular weight is 348 g/mol. The highest BCUT2D eigenvalue weighted by molar-refractivity contribution is 5.95. The highest BCUT2D eigenvalue weighted by Crippen LogP contribution is 2.42. The number of amides is 2. The van der Waals surface area contributed by atoms with Crippen molar-refractivity contribution in [2.75, 3.05) is 11.9 Å². The number of alkyl halides is 2. The Kier molecular flexibility index (Phi) is 4.51. The number of halogens is 2. The lowest BCUT2D eigenvalue weighted by Crippen LogP contribution is -2.27. The summed E-state index contributed by atoms with van der Waals surface area (Å²) in [6, 6.07) is 12.6. The number of benzene rings is 2. The second-order valence-corrected chi connectivity index (χ2v) is 5.25. The van der Waals surface area contributed by atoms with Crippen molar-refractivity contribution < 1.29 is 27.8 Å². The van der Waals surface area contributed by atoms with E-state index in [0.29, 0.717) is 11.3 Å². The quantitative estimate of drug-likeness (QED) is 0.871. The van der Waals surface area contributed by atoms with Crippen LogP contribution in [-0.2, 0) is 4.79 Å². The molecule has 0 aromatic heterocycles. The Balaban J connectivity index is 1.48. The molecule has 1 aliphatic rings. The summed E-state index contributed by atoms with van der Waals surface area (Å²) in [4.78, 5) is 23.7. The zero-order chi connectivity index (χ0) is 17.9. The van der Waals surface area contributed by atoms with Crippen LogP contribution in [-0.4, -0.2) is 24.7 Å². The maximum atomic E-state index is 12.9. The van der Waals surface area contributed by atoms with Gasteiger partial charge in [-0.15, -0.1) is 8.78 Å². The van der Waals surface area contributed by atoms with E-state index < -0.39 is 6.29 Å². The first-order chi connectivity index (χ1) is 11.9. The highest BCUT2D eigenvalue weighted by atomic mass is 19.3. The van der Waals surface area contributed by atoms with Crippen molar-refractivity contribution in [3.05, 3.63) is 54.1 Å². The van der Waals surface area contributed by atoms with Crippen LogP contribution >= 0.6 is 0 Å². The molecule has 8 heteroatoms. The Morgan fingerprint density at radius 2 is 1.72 bits per heavy atom. The number of anilines is 1. The molecule has 0 spiro atoms. The van der Waals surface area contributed by atoms with Gasteiger partial charge >= 0.3 is 6.29 Å². The van der Waals surface area contributed by atoms with E-state index in [9.17, 15) is 18.4 Å². The van der Waals surface area contributed by atoms with E-state index in [0.717, 1.165) is 0 Å². The largest absolute Gasteiger partial charge is 0.586 e. The van der Waals surface area contributed by atoms with E-state index in [4.69, 9.17) is 0 Å². The molecule has 2 aromatic carbocycles. The number of hydrogen-bond acceptors (Lipinski definition) is 4. The number of nitrogens with one attached hydrogen (secondary N) is 2. The van der Waals surface area contributed by atoms with Gasteiger partial charge in [-0.2, -0.15) is 0 Å². The maximum Gasteiger partial charge on any atom is 0.586 e. The van der Waals surface area contributed by atoms with E-state index in [2.05, 4.69) is 20.1 Å². The monoisotopic (exact) mass is 348 g/mol. The summed E-state index contributed by atoms with van der Waals surface area (Å²) in [7, 11) is 0. The second-order valence-electron chi connectivity index (χ2n) is 5.25. The third-order valence-corrected chi connectivity index (χ3v) is 3.36. The molecule has 2 aromatic rings. The van der Waals surface area contributed by atoms with Gasteiger partial charge in [-0.1, -0.05) is 18.2 Å². The molecule has 0 aliphatic carbocycles. The molecule has 0 fully saturated rings. The number of hydrogen-bond donors (Lipinski definition) is 2. The predicted octanol–water partition coefficient (Wildman–Crippen LogP) is 2.77. The molecule has 2 N–H and O–H groups in total. The average Bonchev–Trinajstić information content (AvgIpc) is 2.88. The van der Waals surface area contributed by atoms with Gasteiger partial charge in [-0.25, -0.2) is 0 Å². The minimum atomic E-state index is -3.70. The molecule has 0 saturated heterocycles. The van der Waals surface area contributed by atoms with Crippen LogP contribution in [0.3, 0.4) is 0 Å². The first-order valence-corrected chi connectivity index (χ1v) is 7.46. The normalized spacial score (nSPS) is 14.0. The van der Waals surface area contributed by atoms with Crippen molar-refractivity contribution in [2.45, 2.75) is 12.7 Å². The van der Waals surface area contributed by atoms with Gasteiger partial charge in [0.15, 0.2) is 11.5 Å². The van der Waals surface area contributed by atoms with Gasteiger partial charge < -0.3 is 20.1 Å². The molecule has 130 valence electrons. The van der Waals surface area contributed by atoms with Gasteiger partial charge in [-0.3, -0.25) is 9.59 Å². The van der Waals surface area contributed by atoms with E-state index in [1.807, 2.05) is 0 Å². The SMILES string of the molecule is O=C(CCNC(=O)c1ccccc1)Nc1ccc2c(c1)OC(F)(F)O2. The fourth-order valence-corrected chi connectivity index (χ4v) is 2.23. The van der Waals surface area contributed by atoms with Crippen molar-refractivity contribution in [3.8, 4) is 11.5 Å². The first-order valence-electron chi connectivity index (χ1n) is 7.46. The number of fused-ring (bicyclic) bond motifs is 1. The Morgan fingerprint density at radius 1 is 1.00 bits per heavy atom. The summed E-state index contributed by atoms with van der Waals surface area (Å²) in [6.45, 7) is 0.141. The molecule has 0 radical (unpaired) electrons. The third kappa shape index (κ3) is 4.23. The Hall–Kier alpha value is -3.16. The third-order valence-electron chi connectivity index (χ3n) is 3.36. The topological polar surface area (TPSA) is 76.7 Å². The Morgan fingerprint density at radius 3 is 2.48 bits per heavy atom. The van der Waals surface area contributed by atoms with Crippen molar-refractivity contribution in [3.63, 3.8) is 0 Å². The molecule has 0 unspecified atom stereocenters. The lowest BCUT2D eigenvalue weighted by atomic mass is 10.2. The summed E-state index contributed by atoms with van der Waals surface area (Å²) in [5.74, 6) is -0.906. The van der Waals surface area contributed by atoms with Crippen LogP contribution in [0.15, 0.2) is 48.5 Å². The van der Waals surface area contributed by atoms with E-state index in [1.54, 1.807) is 30.3 Å². The van der Waals surface area contributed by atoms with Crippen molar-refractivity contribution in [2.24, 2.45) is 0 Å². The fourth-order valence-electron chi connectivity index (χ4n) is 2.23. The van der Waals surface area contributed by atoms with Crippen LogP contribution in [0.4, 0.5) is 14.5 Å². The summed E-state index contributed by atoms with van der Waals surface area (Å²) in [5.41, 5.74) is 0.791. The number of carbonyl (C=O) groups is 2. The lowest BCUT2D eigenvalue weighted by Gasteiger charge is -2.07. The van der Waals surface area contributed by atoms with Crippen LogP contribution in [0, 0.1) is 0 Å². The van der Waals surface area contributed by atoms with E-state index in [-0.39, 0.29) is 36.3 Å². The zero-order valence-electron chi connectivity index (χ0n) is 12.9. The number of ether oxygens (including phenoxy) is 2. The molecule has 0 atom stereocenters. The standard InChI is InChI=1S/C17H14F2N2O4/c18-17(19)24-13-7-6-12(10-14(13)25-17)21-15(22)8-9-20-16(23)11-4-2-1-3-5-11/h1-7,10H,8-9H2,(H,20,23)(H,21,22). The van der Waals surface area contributed by atoms with Gasteiger partial charge in [0.25, 0.3) is 5.91 Å². The minimum Gasteiger partial charge on any atom is -0.395 e. The van der Waals surface area contributed by atoms with Crippen LogP contribution < -0.4 is 20.1 Å². The molecule has 1 heterocycles. The second kappa shape index (κ2) is 6.76. The molecule has 0 saturated carbocycles. The number of carbonyl (C=O) groups excluding carboxylic acids is 2.